The molecule has 0 spiro atoms. The molecule has 1 N–H and O–H groups in total. The van der Waals surface area contributed by atoms with Crippen molar-refractivity contribution in [3.63, 3.8) is 0 Å². The van der Waals surface area contributed by atoms with Crippen LogP contribution in [-0.4, -0.2) is 35.7 Å². The molecule has 2 aliphatic heterocycles. The van der Waals surface area contributed by atoms with E-state index in [0.717, 1.165) is 17.7 Å². The molecule has 0 saturated carbocycles. The first-order valence-corrected chi connectivity index (χ1v) is 10.4. The zero-order valence-corrected chi connectivity index (χ0v) is 17.5. The van der Waals surface area contributed by atoms with Crippen LogP contribution in [-0.2, 0) is 14.4 Å². The van der Waals surface area contributed by atoms with Gasteiger partial charge in [0.05, 0.1) is 11.3 Å². The van der Waals surface area contributed by atoms with Crippen LogP contribution in [0, 0.1) is 11.7 Å². The van der Waals surface area contributed by atoms with E-state index in [4.69, 9.17) is 0 Å². The standard InChI is InChI=1S/C24H24FN3O3/c1-15-10-12-27(13-11-15)22-21(17-6-8-19(9-7-17)26-16(2)29)23(30)28(24(22)31)20-5-3-4-18(25)14-20/h3-9,14-15H,10-13H2,1-2H3,(H,26,29). The molecule has 2 aliphatic rings. The van der Waals surface area contributed by atoms with Crippen molar-refractivity contribution < 1.29 is 18.8 Å². The second-order valence-electron chi connectivity index (χ2n) is 8.08. The summed E-state index contributed by atoms with van der Waals surface area (Å²) in [6.45, 7) is 4.95. The fourth-order valence-corrected chi connectivity index (χ4v) is 4.08. The van der Waals surface area contributed by atoms with Crippen molar-refractivity contribution in [1.82, 2.24) is 4.90 Å². The third kappa shape index (κ3) is 4.08. The van der Waals surface area contributed by atoms with Crippen molar-refractivity contribution >= 4 is 34.7 Å². The van der Waals surface area contributed by atoms with E-state index in [0.29, 0.717) is 41.5 Å². The van der Waals surface area contributed by atoms with Crippen LogP contribution >= 0.6 is 0 Å². The Morgan fingerprint density at radius 1 is 1.03 bits per heavy atom. The normalized spacial score (nSPS) is 17.5. The van der Waals surface area contributed by atoms with E-state index >= 15 is 0 Å². The van der Waals surface area contributed by atoms with Gasteiger partial charge in [-0.05, 0) is 54.7 Å². The molecule has 7 heteroatoms. The number of hydrogen-bond acceptors (Lipinski definition) is 4. The summed E-state index contributed by atoms with van der Waals surface area (Å²) in [6, 6.07) is 12.3. The molecule has 31 heavy (non-hydrogen) atoms. The molecule has 1 fully saturated rings. The van der Waals surface area contributed by atoms with E-state index in [1.807, 2.05) is 4.90 Å². The van der Waals surface area contributed by atoms with Crippen molar-refractivity contribution in [1.29, 1.82) is 0 Å². The first kappa shape index (κ1) is 20.8. The van der Waals surface area contributed by atoms with Crippen molar-refractivity contribution in [3.05, 3.63) is 65.6 Å². The maximum absolute atomic E-state index is 13.8. The Morgan fingerprint density at radius 3 is 2.32 bits per heavy atom. The van der Waals surface area contributed by atoms with Crippen LogP contribution in [0.1, 0.15) is 32.3 Å². The molecule has 0 bridgehead atoms. The fraction of sp³-hybridized carbons (Fsp3) is 0.292. The molecule has 2 aromatic carbocycles. The molecule has 0 aliphatic carbocycles. The molecular weight excluding hydrogens is 397 g/mol. The number of benzene rings is 2. The van der Waals surface area contributed by atoms with Gasteiger partial charge in [-0.2, -0.15) is 0 Å². The first-order chi connectivity index (χ1) is 14.8. The number of piperidine rings is 1. The van der Waals surface area contributed by atoms with E-state index in [9.17, 15) is 18.8 Å². The minimum atomic E-state index is -0.514. The summed E-state index contributed by atoms with van der Waals surface area (Å²) >= 11 is 0. The minimum Gasteiger partial charge on any atom is -0.366 e. The predicted molar refractivity (Wildman–Crippen MR) is 117 cm³/mol. The van der Waals surface area contributed by atoms with Gasteiger partial charge < -0.3 is 10.2 Å². The third-order valence-electron chi connectivity index (χ3n) is 5.72. The zero-order chi connectivity index (χ0) is 22.1. The number of halogens is 1. The number of hydrogen-bond donors (Lipinski definition) is 1. The third-order valence-corrected chi connectivity index (χ3v) is 5.72. The first-order valence-electron chi connectivity index (χ1n) is 10.4. The molecule has 0 radical (unpaired) electrons. The van der Waals surface area contributed by atoms with E-state index in [1.165, 1.54) is 25.1 Å². The highest BCUT2D eigenvalue weighted by Gasteiger charge is 2.43. The lowest BCUT2D eigenvalue weighted by molar-refractivity contribution is -0.121. The van der Waals surface area contributed by atoms with E-state index in [-0.39, 0.29) is 11.6 Å². The van der Waals surface area contributed by atoms with Gasteiger partial charge in [-0.1, -0.05) is 25.1 Å². The summed E-state index contributed by atoms with van der Waals surface area (Å²) in [5, 5.41) is 2.69. The Kier molecular flexibility index (Phi) is 5.59. The van der Waals surface area contributed by atoms with Crippen LogP contribution in [0.2, 0.25) is 0 Å². The number of amides is 3. The number of nitrogens with one attached hydrogen (secondary N) is 1. The Hall–Kier alpha value is -3.48. The lowest BCUT2D eigenvalue weighted by atomic mass is 9.97. The summed E-state index contributed by atoms with van der Waals surface area (Å²) in [5.41, 5.74) is 2.05. The van der Waals surface area contributed by atoms with E-state index in [2.05, 4.69) is 12.2 Å². The second kappa shape index (κ2) is 8.34. The lowest BCUT2D eigenvalue weighted by Gasteiger charge is -2.32. The summed E-state index contributed by atoms with van der Waals surface area (Å²) in [7, 11) is 0. The highest BCUT2D eigenvalue weighted by atomic mass is 19.1. The number of rotatable bonds is 4. The summed E-state index contributed by atoms with van der Waals surface area (Å²) in [6.07, 6.45) is 1.86. The predicted octanol–water partition coefficient (Wildman–Crippen LogP) is 3.80. The molecule has 2 aromatic rings. The number of likely N-dealkylation sites (tertiary alicyclic amines) is 1. The van der Waals surface area contributed by atoms with Gasteiger partial charge in [0.1, 0.15) is 11.5 Å². The number of carbonyl (C=O) groups excluding carboxylic acids is 3. The monoisotopic (exact) mass is 421 g/mol. The largest absolute Gasteiger partial charge is 0.366 e. The highest BCUT2D eigenvalue weighted by Crippen LogP contribution is 2.36. The highest BCUT2D eigenvalue weighted by molar-refractivity contribution is 6.45. The summed E-state index contributed by atoms with van der Waals surface area (Å²) in [4.78, 5) is 41.2. The van der Waals surface area contributed by atoms with Crippen molar-refractivity contribution in [3.8, 4) is 0 Å². The molecule has 1 saturated heterocycles. The average Bonchev–Trinajstić information content (AvgIpc) is 2.99. The van der Waals surface area contributed by atoms with Crippen LogP contribution < -0.4 is 10.2 Å². The fourth-order valence-electron chi connectivity index (χ4n) is 4.08. The van der Waals surface area contributed by atoms with Crippen LogP contribution in [0.15, 0.2) is 54.2 Å². The maximum atomic E-state index is 13.8. The van der Waals surface area contributed by atoms with Gasteiger partial charge in [0.25, 0.3) is 11.8 Å². The Morgan fingerprint density at radius 2 is 1.71 bits per heavy atom. The molecule has 0 unspecified atom stereocenters. The molecule has 160 valence electrons. The van der Waals surface area contributed by atoms with Crippen LogP contribution in [0.4, 0.5) is 15.8 Å². The number of carbonyl (C=O) groups is 3. The molecule has 3 amide bonds. The Labute approximate surface area is 180 Å². The molecule has 0 atom stereocenters. The van der Waals surface area contributed by atoms with E-state index < -0.39 is 17.6 Å². The van der Waals surface area contributed by atoms with Crippen molar-refractivity contribution in [2.24, 2.45) is 5.92 Å². The van der Waals surface area contributed by atoms with Gasteiger partial charge in [0, 0.05) is 25.7 Å². The molecule has 2 heterocycles. The SMILES string of the molecule is CC(=O)Nc1ccc(C2=C(N3CCC(C)CC3)C(=O)N(c3cccc(F)c3)C2=O)cc1. The van der Waals surface area contributed by atoms with E-state index in [1.54, 1.807) is 30.3 Å². The van der Waals surface area contributed by atoms with Gasteiger partial charge in [-0.3, -0.25) is 14.4 Å². The summed E-state index contributed by atoms with van der Waals surface area (Å²) in [5.74, 6) is -1.06. The van der Waals surface area contributed by atoms with Crippen LogP contribution in [0.25, 0.3) is 5.57 Å². The zero-order valence-electron chi connectivity index (χ0n) is 17.5. The lowest BCUT2D eigenvalue weighted by Crippen LogP contribution is -2.38. The van der Waals surface area contributed by atoms with Gasteiger partial charge >= 0.3 is 0 Å². The Balaban J connectivity index is 1.77. The average molecular weight is 421 g/mol. The van der Waals surface area contributed by atoms with Gasteiger partial charge in [0.2, 0.25) is 5.91 Å². The van der Waals surface area contributed by atoms with Crippen molar-refractivity contribution in [2.45, 2.75) is 26.7 Å². The molecular formula is C24H24FN3O3. The number of imide groups is 1. The van der Waals surface area contributed by atoms with Crippen LogP contribution in [0.5, 0.6) is 0 Å². The number of nitrogens with zero attached hydrogens (tertiary/aromatic N) is 2. The van der Waals surface area contributed by atoms with Gasteiger partial charge in [-0.25, -0.2) is 9.29 Å². The Bertz CT molecular complexity index is 1070. The minimum absolute atomic E-state index is 0.195. The molecule has 6 nitrogen and oxygen atoms in total. The number of anilines is 2. The summed E-state index contributed by atoms with van der Waals surface area (Å²) < 4.78 is 13.8. The molecule has 4 rings (SSSR count). The smallest absolute Gasteiger partial charge is 0.282 e. The van der Waals surface area contributed by atoms with Crippen molar-refractivity contribution in [2.75, 3.05) is 23.3 Å². The van der Waals surface area contributed by atoms with Crippen LogP contribution in [0.3, 0.4) is 0 Å². The topological polar surface area (TPSA) is 69.7 Å². The second-order valence-corrected chi connectivity index (χ2v) is 8.08. The van der Waals surface area contributed by atoms with Gasteiger partial charge in [0.15, 0.2) is 0 Å². The quantitative estimate of drug-likeness (QED) is 0.763. The molecule has 0 aromatic heterocycles. The maximum Gasteiger partial charge on any atom is 0.282 e. The van der Waals surface area contributed by atoms with Gasteiger partial charge in [-0.15, -0.1) is 0 Å².